The minimum atomic E-state index is 0.0658. The molecule has 11 heteroatoms. The highest BCUT2D eigenvalue weighted by molar-refractivity contribution is 7.98. The third-order valence-corrected chi connectivity index (χ3v) is 6.76. The maximum Gasteiger partial charge on any atom is 0.253 e. The van der Waals surface area contributed by atoms with Crippen LogP contribution < -0.4 is 0 Å². The molecule has 3 heterocycles. The van der Waals surface area contributed by atoms with Gasteiger partial charge in [-0.2, -0.15) is 4.98 Å². The number of aryl methyl sites for hydroxylation is 2. The van der Waals surface area contributed by atoms with Crippen molar-refractivity contribution in [3.63, 3.8) is 0 Å². The van der Waals surface area contributed by atoms with E-state index >= 15 is 0 Å². The number of carbonyl (C=O) groups is 1. The quantitative estimate of drug-likeness (QED) is 0.332. The van der Waals surface area contributed by atoms with E-state index in [1.165, 1.54) is 11.8 Å². The predicted molar refractivity (Wildman–Crippen MR) is 129 cm³/mol. The normalized spacial score (nSPS) is 13.5. The van der Waals surface area contributed by atoms with Gasteiger partial charge in [0.15, 0.2) is 0 Å². The van der Waals surface area contributed by atoms with Crippen LogP contribution in [0.25, 0.3) is 17.2 Å². The lowest BCUT2D eigenvalue weighted by atomic mass is 10.1. The number of hydrogen-bond acceptors (Lipinski definition) is 8. The van der Waals surface area contributed by atoms with Gasteiger partial charge in [-0.3, -0.25) is 4.79 Å². The van der Waals surface area contributed by atoms with Crippen molar-refractivity contribution in [3.8, 4) is 11.5 Å². The number of benzene rings is 1. The molecule has 4 aromatic rings. The minimum Gasteiger partial charge on any atom is -0.419 e. The Kier molecular flexibility index (Phi) is 6.26. The fraction of sp³-hybridized carbons (Fsp3) is 0.391. The maximum atomic E-state index is 13.2. The Morgan fingerprint density at radius 1 is 1.21 bits per heavy atom. The first-order valence-electron chi connectivity index (χ1n) is 11.1. The molecule has 1 fully saturated rings. The first-order valence-corrected chi connectivity index (χ1v) is 12.7. The molecular formula is C23H24ClN7O2S. The van der Waals surface area contributed by atoms with Crippen molar-refractivity contribution in [2.75, 3.05) is 6.26 Å². The summed E-state index contributed by atoms with van der Waals surface area (Å²) in [5.74, 6) is 1.49. The fourth-order valence-corrected chi connectivity index (χ4v) is 4.46. The predicted octanol–water partition coefficient (Wildman–Crippen LogP) is 4.29. The minimum absolute atomic E-state index is 0.0658. The van der Waals surface area contributed by atoms with E-state index in [0.29, 0.717) is 47.1 Å². The van der Waals surface area contributed by atoms with Crippen LogP contribution in [-0.4, -0.2) is 52.9 Å². The molecule has 1 amide bonds. The Bertz CT molecular complexity index is 1350. The molecule has 1 aliphatic rings. The molecular weight excluding hydrogens is 474 g/mol. The fourth-order valence-electron chi connectivity index (χ4n) is 3.99. The van der Waals surface area contributed by atoms with Crippen LogP contribution >= 0.6 is 23.4 Å². The summed E-state index contributed by atoms with van der Waals surface area (Å²) in [5.41, 5.74) is 3.65. The number of halogens is 1. The zero-order valence-electron chi connectivity index (χ0n) is 19.2. The molecule has 3 aromatic heterocycles. The van der Waals surface area contributed by atoms with Crippen molar-refractivity contribution in [2.45, 2.75) is 57.3 Å². The molecule has 34 heavy (non-hydrogen) atoms. The van der Waals surface area contributed by atoms with Gasteiger partial charge in [0, 0.05) is 34.4 Å². The summed E-state index contributed by atoms with van der Waals surface area (Å²) < 4.78 is 7.60. The van der Waals surface area contributed by atoms with Crippen LogP contribution in [0.15, 0.2) is 33.8 Å². The van der Waals surface area contributed by atoms with Crippen LogP contribution in [0, 0.1) is 13.8 Å². The van der Waals surface area contributed by atoms with Gasteiger partial charge >= 0.3 is 0 Å². The van der Waals surface area contributed by atoms with Crippen LogP contribution in [0.2, 0.25) is 5.02 Å². The molecule has 1 saturated carbocycles. The van der Waals surface area contributed by atoms with Crippen LogP contribution in [0.5, 0.6) is 0 Å². The summed E-state index contributed by atoms with van der Waals surface area (Å²) in [5, 5.41) is 14.1. The second kappa shape index (κ2) is 9.34. The number of hydrogen-bond donors (Lipinski definition) is 0. The monoisotopic (exact) mass is 497 g/mol. The average molecular weight is 498 g/mol. The van der Waals surface area contributed by atoms with E-state index in [-0.39, 0.29) is 11.9 Å². The van der Waals surface area contributed by atoms with Gasteiger partial charge in [0.05, 0.1) is 6.54 Å². The number of rotatable bonds is 8. The summed E-state index contributed by atoms with van der Waals surface area (Å²) in [6, 6.07) is 7.43. The Morgan fingerprint density at radius 2 is 1.97 bits per heavy atom. The van der Waals surface area contributed by atoms with Crippen molar-refractivity contribution in [1.29, 1.82) is 0 Å². The molecule has 1 aliphatic carbocycles. The van der Waals surface area contributed by atoms with Crippen LogP contribution in [-0.2, 0) is 17.8 Å². The zero-order valence-corrected chi connectivity index (χ0v) is 20.7. The van der Waals surface area contributed by atoms with Gasteiger partial charge in [-0.1, -0.05) is 23.4 Å². The topological polar surface area (TPSA) is 102 Å². The smallest absolute Gasteiger partial charge is 0.253 e. The molecule has 0 atom stereocenters. The van der Waals surface area contributed by atoms with E-state index in [1.807, 2.05) is 37.1 Å². The second-order valence-corrected chi connectivity index (χ2v) is 9.54. The van der Waals surface area contributed by atoms with E-state index in [1.54, 1.807) is 16.6 Å². The molecule has 0 unspecified atom stereocenters. The molecule has 0 N–H and O–H groups in total. The van der Waals surface area contributed by atoms with Gasteiger partial charge in [0.1, 0.15) is 0 Å². The molecule has 1 aromatic carbocycles. The van der Waals surface area contributed by atoms with Crippen molar-refractivity contribution >= 4 is 35.0 Å². The number of nitrogens with zero attached hydrogens (tertiary/aromatic N) is 7. The van der Waals surface area contributed by atoms with Crippen LogP contribution in [0.1, 0.15) is 42.1 Å². The van der Waals surface area contributed by atoms with E-state index in [4.69, 9.17) is 16.0 Å². The average Bonchev–Trinajstić information content (AvgIpc) is 3.40. The van der Waals surface area contributed by atoms with Gasteiger partial charge in [-0.25, -0.2) is 9.50 Å². The van der Waals surface area contributed by atoms with E-state index in [0.717, 1.165) is 35.4 Å². The maximum absolute atomic E-state index is 13.2. The Morgan fingerprint density at radius 3 is 2.68 bits per heavy atom. The van der Waals surface area contributed by atoms with Gasteiger partial charge in [-0.05, 0) is 69.2 Å². The summed E-state index contributed by atoms with van der Waals surface area (Å²) in [6.07, 6.45) is 4.87. The van der Waals surface area contributed by atoms with E-state index in [9.17, 15) is 4.79 Å². The highest BCUT2D eigenvalue weighted by Crippen LogP contribution is 2.30. The Hall–Kier alpha value is -2.98. The van der Waals surface area contributed by atoms with Crippen molar-refractivity contribution < 1.29 is 9.21 Å². The van der Waals surface area contributed by atoms with Gasteiger partial charge in [0.25, 0.3) is 5.78 Å². The van der Waals surface area contributed by atoms with E-state index in [2.05, 4.69) is 25.3 Å². The Labute approximate surface area is 205 Å². The van der Waals surface area contributed by atoms with E-state index < -0.39 is 0 Å². The summed E-state index contributed by atoms with van der Waals surface area (Å²) in [7, 11) is 0. The largest absolute Gasteiger partial charge is 0.419 e. The molecule has 176 valence electrons. The van der Waals surface area contributed by atoms with Crippen LogP contribution in [0.4, 0.5) is 0 Å². The number of amides is 1. The lowest BCUT2D eigenvalue weighted by molar-refractivity contribution is -0.132. The Balaban J connectivity index is 1.29. The molecule has 0 radical (unpaired) electrons. The van der Waals surface area contributed by atoms with Crippen molar-refractivity contribution in [3.05, 3.63) is 52.1 Å². The molecule has 5 rings (SSSR count). The first-order chi connectivity index (χ1) is 16.4. The highest BCUT2D eigenvalue weighted by Gasteiger charge is 2.33. The van der Waals surface area contributed by atoms with Crippen LogP contribution in [0.3, 0.4) is 0 Å². The van der Waals surface area contributed by atoms with Crippen molar-refractivity contribution in [2.24, 2.45) is 0 Å². The zero-order chi connectivity index (χ0) is 23.8. The lowest BCUT2D eigenvalue weighted by Gasteiger charge is -2.21. The summed E-state index contributed by atoms with van der Waals surface area (Å²) >= 11 is 7.44. The number of aromatic nitrogens is 6. The molecule has 0 aliphatic heterocycles. The third kappa shape index (κ3) is 4.65. The third-order valence-electron chi connectivity index (χ3n) is 5.97. The summed E-state index contributed by atoms with van der Waals surface area (Å²) in [6.45, 7) is 4.25. The molecule has 0 saturated heterocycles. The number of fused-ring (bicyclic) bond motifs is 1. The molecule has 9 nitrogen and oxygen atoms in total. The number of carbonyl (C=O) groups excluding carboxylic acids is 1. The number of thioether (sulfide) groups is 1. The summed E-state index contributed by atoms with van der Waals surface area (Å²) in [4.78, 5) is 24.1. The molecule has 0 bridgehead atoms. The van der Waals surface area contributed by atoms with Crippen molar-refractivity contribution in [1.82, 2.24) is 34.7 Å². The second-order valence-electron chi connectivity index (χ2n) is 8.33. The van der Waals surface area contributed by atoms with Gasteiger partial charge in [-0.15, -0.1) is 15.3 Å². The first kappa shape index (κ1) is 22.8. The highest BCUT2D eigenvalue weighted by atomic mass is 35.5. The SMILES string of the molecule is CSc1nc2nc(C)c(CCC(=O)N(Cc3nnc(-c4ccc(Cl)cc4)o3)C3CC3)c(C)n2n1. The van der Waals surface area contributed by atoms with Gasteiger partial charge in [0.2, 0.25) is 22.8 Å². The standard InChI is InChI=1S/C23H24ClN7O2S/c1-13-18(14(2)31-22(25-13)26-23(29-31)34-3)10-11-20(32)30(17-8-9-17)12-19-27-28-21(33-19)15-4-6-16(24)7-5-15/h4-7,17H,8-12H2,1-3H3. The lowest BCUT2D eigenvalue weighted by Crippen LogP contribution is -2.33. The molecule has 0 spiro atoms. The van der Waals surface area contributed by atoms with Gasteiger partial charge < -0.3 is 9.32 Å².